The number of aromatic nitrogens is 3. The van der Waals surface area contributed by atoms with E-state index in [9.17, 15) is 18.8 Å². The molecular formula is C12H10FN3O5. The summed E-state index contributed by atoms with van der Waals surface area (Å²) < 4.78 is 22.9. The van der Waals surface area contributed by atoms with Gasteiger partial charge in [0.15, 0.2) is 12.4 Å². The Kier molecular flexibility index (Phi) is 4.12. The van der Waals surface area contributed by atoms with E-state index < -0.39 is 23.4 Å². The summed E-state index contributed by atoms with van der Waals surface area (Å²) in [5.41, 5.74) is -0.904. The zero-order valence-electron chi connectivity index (χ0n) is 10.8. The number of hydrogen-bond acceptors (Lipinski definition) is 6. The van der Waals surface area contributed by atoms with Crippen LogP contribution in [0, 0.1) is 5.82 Å². The van der Waals surface area contributed by atoms with Crippen molar-refractivity contribution in [3.63, 3.8) is 0 Å². The summed E-state index contributed by atoms with van der Waals surface area (Å²) in [6.45, 7) is -0.280. The van der Waals surface area contributed by atoms with Crippen molar-refractivity contribution in [1.29, 1.82) is 0 Å². The fourth-order valence-corrected chi connectivity index (χ4v) is 1.51. The van der Waals surface area contributed by atoms with Crippen LogP contribution in [0.4, 0.5) is 4.39 Å². The quantitative estimate of drug-likeness (QED) is 0.788. The van der Waals surface area contributed by atoms with Gasteiger partial charge in [0.05, 0.1) is 18.2 Å². The van der Waals surface area contributed by atoms with Crippen molar-refractivity contribution in [2.45, 2.75) is 6.61 Å². The lowest BCUT2D eigenvalue weighted by Gasteiger charge is -2.05. The van der Waals surface area contributed by atoms with Gasteiger partial charge < -0.3 is 9.47 Å². The molecule has 0 aliphatic rings. The number of carbonyl (C=O) groups excluding carboxylic acids is 2. The van der Waals surface area contributed by atoms with Crippen molar-refractivity contribution < 1.29 is 23.5 Å². The molecule has 2 rings (SSSR count). The third kappa shape index (κ3) is 3.32. The van der Waals surface area contributed by atoms with E-state index in [1.165, 1.54) is 6.07 Å². The van der Waals surface area contributed by atoms with Gasteiger partial charge in [0, 0.05) is 0 Å². The molecule has 110 valence electrons. The average Bonchev–Trinajstić information content (AvgIpc) is 2.89. The topological polar surface area (TPSA) is 114 Å². The first-order valence-electron chi connectivity index (χ1n) is 5.70. The largest absolute Gasteiger partial charge is 0.465 e. The first-order chi connectivity index (χ1) is 10.0. The number of aromatic amines is 2. The molecule has 0 atom stereocenters. The molecule has 1 aromatic carbocycles. The summed E-state index contributed by atoms with van der Waals surface area (Å²) >= 11 is 0. The highest BCUT2D eigenvalue weighted by Crippen LogP contribution is 2.13. The number of ether oxygens (including phenoxy) is 2. The maximum atomic E-state index is 13.6. The Labute approximate surface area is 116 Å². The van der Waals surface area contributed by atoms with Gasteiger partial charge in [0.25, 0.3) is 0 Å². The summed E-state index contributed by atoms with van der Waals surface area (Å²) in [4.78, 5) is 36.0. The zero-order chi connectivity index (χ0) is 15.4. The Hall–Kier alpha value is -2.97. The third-order valence-corrected chi connectivity index (χ3v) is 2.50. The second-order valence-corrected chi connectivity index (χ2v) is 3.89. The predicted octanol–water partition coefficient (Wildman–Crippen LogP) is 0.381. The lowest BCUT2D eigenvalue weighted by molar-refractivity contribution is 0.0460. The number of nitrogens with one attached hydrogen (secondary N) is 2. The van der Waals surface area contributed by atoms with Gasteiger partial charge in [0.2, 0.25) is 0 Å². The molecule has 21 heavy (non-hydrogen) atoms. The summed E-state index contributed by atoms with van der Waals surface area (Å²) in [6, 6.07) is 3.21. The van der Waals surface area contributed by atoms with E-state index in [0.717, 1.165) is 19.2 Å². The van der Waals surface area contributed by atoms with Gasteiger partial charge in [-0.3, -0.25) is 4.98 Å². The molecule has 2 N–H and O–H groups in total. The van der Waals surface area contributed by atoms with Crippen LogP contribution >= 0.6 is 0 Å². The smallest absolute Gasteiger partial charge is 0.340 e. The molecule has 9 heteroatoms. The van der Waals surface area contributed by atoms with E-state index in [-0.39, 0.29) is 23.6 Å². The van der Waals surface area contributed by atoms with Crippen LogP contribution in [0.2, 0.25) is 0 Å². The summed E-state index contributed by atoms with van der Waals surface area (Å²) in [5.74, 6) is -2.44. The highest BCUT2D eigenvalue weighted by Gasteiger charge is 2.16. The Balaban J connectivity index is 2.07. The van der Waals surface area contributed by atoms with E-state index in [4.69, 9.17) is 4.74 Å². The Morgan fingerprint density at radius 3 is 2.67 bits per heavy atom. The van der Waals surface area contributed by atoms with E-state index in [1.54, 1.807) is 0 Å². The van der Waals surface area contributed by atoms with E-state index >= 15 is 0 Å². The molecule has 0 radical (unpaired) electrons. The number of esters is 2. The molecule has 0 amide bonds. The molecule has 0 saturated carbocycles. The second-order valence-electron chi connectivity index (χ2n) is 3.89. The Morgan fingerprint density at radius 1 is 1.33 bits per heavy atom. The van der Waals surface area contributed by atoms with Crippen LogP contribution in [0.5, 0.6) is 0 Å². The van der Waals surface area contributed by atoms with Gasteiger partial charge in [0.1, 0.15) is 5.82 Å². The number of nitrogens with zero attached hydrogens (tertiary/aromatic N) is 1. The van der Waals surface area contributed by atoms with E-state index in [2.05, 4.69) is 19.9 Å². The van der Waals surface area contributed by atoms with Gasteiger partial charge in [-0.1, -0.05) is 0 Å². The molecule has 0 unspecified atom stereocenters. The van der Waals surface area contributed by atoms with Gasteiger partial charge in [-0.2, -0.15) is 5.10 Å². The van der Waals surface area contributed by atoms with Crippen molar-refractivity contribution in [3.8, 4) is 0 Å². The SMILES string of the molecule is COC(=O)c1ccc(C(=O)OCc2n[nH]c(=O)[nH]2)cc1F. The summed E-state index contributed by atoms with van der Waals surface area (Å²) in [6.07, 6.45) is 0. The highest BCUT2D eigenvalue weighted by molar-refractivity contribution is 5.93. The van der Waals surface area contributed by atoms with Crippen LogP contribution in [-0.4, -0.2) is 34.2 Å². The molecule has 0 aliphatic heterocycles. The number of benzene rings is 1. The van der Waals surface area contributed by atoms with Crippen molar-refractivity contribution in [3.05, 3.63) is 51.5 Å². The number of carbonyl (C=O) groups is 2. The summed E-state index contributed by atoms with van der Waals surface area (Å²) in [5, 5.41) is 5.65. The molecule has 0 bridgehead atoms. The first-order valence-corrected chi connectivity index (χ1v) is 5.70. The third-order valence-electron chi connectivity index (χ3n) is 2.50. The number of hydrogen-bond donors (Lipinski definition) is 2. The van der Waals surface area contributed by atoms with Gasteiger partial charge in [-0.15, -0.1) is 0 Å². The normalized spacial score (nSPS) is 10.2. The number of rotatable bonds is 4. The molecule has 0 saturated heterocycles. The standard InChI is InChI=1S/C12H10FN3O5/c1-20-11(18)7-3-2-6(4-8(7)13)10(17)21-5-9-14-12(19)16-15-9/h2-4H,5H2,1H3,(H2,14,15,16,19). The zero-order valence-corrected chi connectivity index (χ0v) is 10.8. The Bertz CT molecular complexity index is 736. The average molecular weight is 295 g/mol. The highest BCUT2D eigenvalue weighted by atomic mass is 19.1. The van der Waals surface area contributed by atoms with Crippen LogP contribution in [0.3, 0.4) is 0 Å². The van der Waals surface area contributed by atoms with Crippen molar-refractivity contribution >= 4 is 11.9 Å². The van der Waals surface area contributed by atoms with Crippen LogP contribution in [-0.2, 0) is 16.1 Å². The van der Waals surface area contributed by atoms with Crippen LogP contribution in [0.1, 0.15) is 26.5 Å². The first kappa shape index (κ1) is 14.4. The maximum absolute atomic E-state index is 13.6. The molecule has 2 aromatic rings. The van der Waals surface area contributed by atoms with Crippen LogP contribution < -0.4 is 5.69 Å². The lowest BCUT2D eigenvalue weighted by Crippen LogP contribution is -2.10. The maximum Gasteiger partial charge on any atom is 0.340 e. The van der Waals surface area contributed by atoms with E-state index in [0.29, 0.717) is 0 Å². The van der Waals surface area contributed by atoms with Crippen molar-refractivity contribution in [2.24, 2.45) is 0 Å². The van der Waals surface area contributed by atoms with Crippen molar-refractivity contribution in [2.75, 3.05) is 7.11 Å². The summed E-state index contributed by atoms with van der Waals surface area (Å²) in [7, 11) is 1.12. The number of H-pyrrole nitrogens is 2. The van der Waals surface area contributed by atoms with Crippen LogP contribution in [0.15, 0.2) is 23.0 Å². The minimum Gasteiger partial charge on any atom is -0.465 e. The van der Waals surface area contributed by atoms with Gasteiger partial charge >= 0.3 is 17.6 Å². The number of halogens is 1. The van der Waals surface area contributed by atoms with Gasteiger partial charge in [-0.05, 0) is 18.2 Å². The van der Waals surface area contributed by atoms with Gasteiger partial charge in [-0.25, -0.2) is 23.9 Å². The van der Waals surface area contributed by atoms with Crippen molar-refractivity contribution in [1.82, 2.24) is 15.2 Å². The fraction of sp³-hybridized carbons (Fsp3) is 0.167. The van der Waals surface area contributed by atoms with E-state index in [1.807, 2.05) is 0 Å². The molecule has 0 fully saturated rings. The molecule has 0 aliphatic carbocycles. The second kappa shape index (κ2) is 5.99. The minimum atomic E-state index is -0.899. The predicted molar refractivity (Wildman–Crippen MR) is 66.1 cm³/mol. The fourth-order valence-electron chi connectivity index (χ4n) is 1.51. The van der Waals surface area contributed by atoms with Crippen LogP contribution in [0.25, 0.3) is 0 Å². The Morgan fingerprint density at radius 2 is 2.10 bits per heavy atom. The monoisotopic (exact) mass is 295 g/mol. The molecule has 8 nitrogen and oxygen atoms in total. The molecule has 1 heterocycles. The minimum absolute atomic E-state index is 0.0852. The number of methoxy groups -OCH3 is 1. The molecular weight excluding hydrogens is 285 g/mol. The lowest BCUT2D eigenvalue weighted by atomic mass is 10.1. The molecule has 1 aromatic heterocycles. The molecule has 0 spiro atoms.